The lowest BCUT2D eigenvalue weighted by Crippen LogP contribution is -2.44. The summed E-state index contributed by atoms with van der Waals surface area (Å²) in [5.41, 5.74) is 1.82. The van der Waals surface area contributed by atoms with E-state index in [9.17, 15) is 18.0 Å². The number of likely N-dealkylation sites (tertiary alicyclic amines) is 1. The van der Waals surface area contributed by atoms with E-state index in [1.807, 2.05) is 12.3 Å². The first-order valence-electron chi connectivity index (χ1n) is 7.31. The smallest absolute Gasteiger partial charge is 0.357 e. The number of carbonyl (C=O) groups excluding carboxylic acids is 1. The van der Waals surface area contributed by atoms with Gasteiger partial charge in [-0.05, 0) is 25.8 Å². The largest absolute Gasteiger partial charge is 0.393 e. The van der Waals surface area contributed by atoms with Crippen molar-refractivity contribution in [3.63, 3.8) is 0 Å². The van der Waals surface area contributed by atoms with E-state index in [2.05, 4.69) is 9.97 Å². The molecular weight excluding hydrogens is 327 g/mol. The number of hydrogen-bond donors (Lipinski definition) is 1. The minimum absolute atomic E-state index is 0.0847. The van der Waals surface area contributed by atoms with Crippen molar-refractivity contribution < 1.29 is 18.0 Å². The van der Waals surface area contributed by atoms with Crippen molar-refractivity contribution in [2.24, 2.45) is 5.92 Å². The number of halogens is 3. The number of hydrogen-bond acceptors (Lipinski definition) is 3. The van der Waals surface area contributed by atoms with Crippen LogP contribution in [0.4, 0.5) is 13.2 Å². The quantitative estimate of drug-likeness (QED) is 0.900. The molecule has 0 radical (unpaired) electrons. The van der Waals surface area contributed by atoms with Crippen LogP contribution in [0, 0.1) is 12.8 Å². The van der Waals surface area contributed by atoms with Crippen molar-refractivity contribution in [2.75, 3.05) is 13.1 Å². The Hall–Kier alpha value is -1.83. The topological polar surface area (TPSA) is 49.0 Å². The molecule has 0 aromatic carbocycles. The minimum atomic E-state index is -4.25. The Labute approximate surface area is 135 Å². The molecule has 0 bridgehead atoms. The van der Waals surface area contributed by atoms with Gasteiger partial charge in [-0.25, -0.2) is 4.98 Å². The standard InChI is InChI=1S/C15H16F3N3OS/c1-9-20-13(8-23-9)10-5-12(19-6-10)14(22)21-4-2-3-11(7-21)15(16,17)18/h5-6,8,11,19H,2-4,7H2,1H3/t11-/m1/s1. The number of nitrogens with one attached hydrogen (secondary N) is 1. The van der Waals surface area contributed by atoms with Crippen LogP contribution in [0.3, 0.4) is 0 Å². The van der Waals surface area contributed by atoms with Crippen LogP contribution in [0.2, 0.25) is 0 Å². The Bertz CT molecular complexity index is 707. The highest BCUT2D eigenvalue weighted by Gasteiger charge is 2.42. The molecule has 124 valence electrons. The van der Waals surface area contributed by atoms with Gasteiger partial charge in [-0.15, -0.1) is 11.3 Å². The molecule has 8 heteroatoms. The fourth-order valence-corrected chi connectivity index (χ4v) is 3.38. The third-order valence-corrected chi connectivity index (χ3v) is 4.77. The lowest BCUT2D eigenvalue weighted by atomic mass is 9.97. The highest BCUT2D eigenvalue weighted by molar-refractivity contribution is 7.09. The maximum absolute atomic E-state index is 12.9. The van der Waals surface area contributed by atoms with Gasteiger partial charge < -0.3 is 9.88 Å². The number of alkyl halides is 3. The number of rotatable bonds is 2. The van der Waals surface area contributed by atoms with E-state index in [0.29, 0.717) is 18.7 Å². The van der Waals surface area contributed by atoms with Gasteiger partial charge in [0.25, 0.3) is 5.91 Å². The van der Waals surface area contributed by atoms with Crippen LogP contribution in [0.25, 0.3) is 11.3 Å². The SMILES string of the molecule is Cc1nc(-c2c[nH]c(C(=O)N3CCC[C@@H](C(F)(F)F)C3)c2)cs1. The van der Waals surface area contributed by atoms with Crippen molar-refractivity contribution in [1.82, 2.24) is 14.9 Å². The molecule has 4 nitrogen and oxygen atoms in total. The Morgan fingerprint density at radius 1 is 1.48 bits per heavy atom. The molecule has 1 atom stereocenters. The van der Waals surface area contributed by atoms with Crippen LogP contribution in [0.15, 0.2) is 17.6 Å². The molecule has 1 amide bonds. The highest BCUT2D eigenvalue weighted by Crippen LogP contribution is 2.33. The number of aryl methyl sites for hydroxylation is 1. The Morgan fingerprint density at radius 2 is 2.26 bits per heavy atom. The van der Waals surface area contributed by atoms with E-state index in [-0.39, 0.29) is 13.0 Å². The zero-order chi connectivity index (χ0) is 16.6. The number of nitrogens with zero attached hydrogens (tertiary/aromatic N) is 2. The summed E-state index contributed by atoms with van der Waals surface area (Å²) in [5, 5.41) is 2.80. The molecule has 1 aliphatic heterocycles. The first-order chi connectivity index (χ1) is 10.8. The number of piperidine rings is 1. The zero-order valence-electron chi connectivity index (χ0n) is 12.5. The first kappa shape index (κ1) is 16.0. The van der Waals surface area contributed by atoms with Gasteiger partial charge >= 0.3 is 6.18 Å². The van der Waals surface area contributed by atoms with Gasteiger partial charge in [0.05, 0.1) is 16.6 Å². The van der Waals surface area contributed by atoms with Gasteiger partial charge in [-0.1, -0.05) is 0 Å². The predicted molar refractivity (Wildman–Crippen MR) is 81.3 cm³/mol. The average molecular weight is 343 g/mol. The molecule has 2 aromatic heterocycles. The van der Waals surface area contributed by atoms with Crippen molar-refractivity contribution in [3.8, 4) is 11.3 Å². The van der Waals surface area contributed by atoms with Crippen LogP contribution in [0.1, 0.15) is 28.3 Å². The summed E-state index contributed by atoms with van der Waals surface area (Å²) in [5.74, 6) is -1.83. The molecule has 0 aliphatic carbocycles. The third kappa shape index (κ3) is 3.41. The summed E-state index contributed by atoms with van der Waals surface area (Å²) in [4.78, 5) is 20.9. The van der Waals surface area contributed by atoms with Gasteiger partial charge in [0.2, 0.25) is 0 Å². The molecule has 1 aliphatic rings. The number of aromatic amines is 1. The molecule has 3 heterocycles. The first-order valence-corrected chi connectivity index (χ1v) is 8.19. The Morgan fingerprint density at radius 3 is 2.91 bits per heavy atom. The molecule has 0 unspecified atom stereocenters. The number of thiazole rings is 1. The van der Waals surface area contributed by atoms with E-state index in [1.54, 1.807) is 12.3 Å². The van der Waals surface area contributed by atoms with Crippen molar-refractivity contribution in [2.45, 2.75) is 25.9 Å². The van der Waals surface area contributed by atoms with Crippen LogP contribution < -0.4 is 0 Å². The van der Waals surface area contributed by atoms with E-state index < -0.39 is 18.0 Å². The minimum Gasteiger partial charge on any atom is -0.357 e. The van der Waals surface area contributed by atoms with E-state index >= 15 is 0 Å². The van der Waals surface area contributed by atoms with Crippen molar-refractivity contribution >= 4 is 17.2 Å². The van der Waals surface area contributed by atoms with Gasteiger partial charge in [-0.3, -0.25) is 4.79 Å². The molecule has 0 spiro atoms. The summed E-state index contributed by atoms with van der Waals surface area (Å²) in [6.07, 6.45) is -2.14. The number of amides is 1. The summed E-state index contributed by atoms with van der Waals surface area (Å²) in [6, 6.07) is 1.65. The highest BCUT2D eigenvalue weighted by atomic mass is 32.1. The Balaban J connectivity index is 1.74. The molecule has 1 saturated heterocycles. The van der Waals surface area contributed by atoms with Gasteiger partial charge in [0.1, 0.15) is 5.69 Å². The normalized spacial score (nSPS) is 19.1. The lowest BCUT2D eigenvalue weighted by Gasteiger charge is -2.33. The number of aromatic nitrogens is 2. The maximum Gasteiger partial charge on any atom is 0.393 e. The zero-order valence-corrected chi connectivity index (χ0v) is 13.3. The molecule has 23 heavy (non-hydrogen) atoms. The summed E-state index contributed by atoms with van der Waals surface area (Å²) in [6.45, 7) is 1.97. The van der Waals surface area contributed by atoms with Crippen molar-refractivity contribution in [3.05, 3.63) is 28.3 Å². The summed E-state index contributed by atoms with van der Waals surface area (Å²) in [7, 11) is 0. The number of carbonyl (C=O) groups is 1. The second-order valence-electron chi connectivity index (χ2n) is 5.69. The number of H-pyrrole nitrogens is 1. The third-order valence-electron chi connectivity index (χ3n) is 4.00. The van der Waals surface area contributed by atoms with E-state index in [1.165, 1.54) is 16.2 Å². The fourth-order valence-electron chi connectivity index (χ4n) is 2.76. The molecule has 2 aromatic rings. The van der Waals surface area contributed by atoms with Crippen LogP contribution in [-0.4, -0.2) is 40.0 Å². The summed E-state index contributed by atoms with van der Waals surface area (Å²) < 4.78 is 38.6. The molecule has 1 fully saturated rings. The lowest BCUT2D eigenvalue weighted by molar-refractivity contribution is -0.184. The monoisotopic (exact) mass is 343 g/mol. The molecule has 1 N–H and O–H groups in total. The molecule has 3 rings (SSSR count). The molecule has 0 saturated carbocycles. The fraction of sp³-hybridized carbons (Fsp3) is 0.467. The van der Waals surface area contributed by atoms with Gasteiger partial charge in [0.15, 0.2) is 0 Å². The van der Waals surface area contributed by atoms with Gasteiger partial charge in [-0.2, -0.15) is 13.2 Å². The second kappa shape index (κ2) is 5.99. The summed E-state index contributed by atoms with van der Waals surface area (Å²) >= 11 is 1.50. The van der Waals surface area contributed by atoms with Crippen molar-refractivity contribution in [1.29, 1.82) is 0 Å². The average Bonchev–Trinajstić information content (AvgIpc) is 3.14. The maximum atomic E-state index is 12.9. The van der Waals surface area contributed by atoms with E-state index in [0.717, 1.165) is 16.3 Å². The van der Waals surface area contributed by atoms with E-state index in [4.69, 9.17) is 0 Å². The predicted octanol–water partition coefficient (Wildman–Crippen LogP) is 3.86. The van der Waals surface area contributed by atoms with Crippen LogP contribution in [0.5, 0.6) is 0 Å². The molecular formula is C15H16F3N3OS. The van der Waals surface area contributed by atoms with Gasteiger partial charge in [0, 0.05) is 30.2 Å². The Kier molecular flexibility index (Phi) is 4.18. The van der Waals surface area contributed by atoms with Crippen LogP contribution in [-0.2, 0) is 0 Å². The second-order valence-corrected chi connectivity index (χ2v) is 6.75. The van der Waals surface area contributed by atoms with Crippen LogP contribution >= 0.6 is 11.3 Å².